The number of benzene rings is 1. The number of carbonyl (C=O) groups excluding carboxylic acids is 1. The summed E-state index contributed by atoms with van der Waals surface area (Å²) in [4.78, 5) is 13.5. The van der Waals surface area contributed by atoms with E-state index in [-0.39, 0.29) is 5.91 Å². The van der Waals surface area contributed by atoms with Crippen LogP contribution in [0.5, 0.6) is 0 Å². The van der Waals surface area contributed by atoms with E-state index in [2.05, 4.69) is 10.2 Å². The summed E-state index contributed by atoms with van der Waals surface area (Å²) in [6.45, 7) is 1.57. The summed E-state index contributed by atoms with van der Waals surface area (Å²) < 4.78 is 0.841. The van der Waals surface area contributed by atoms with Crippen LogP contribution in [-0.4, -0.2) is 22.1 Å². The van der Waals surface area contributed by atoms with E-state index in [1.54, 1.807) is 29.7 Å². The Kier molecular flexibility index (Phi) is 4.92. The Balaban J connectivity index is 1.66. The van der Waals surface area contributed by atoms with Crippen molar-refractivity contribution in [2.75, 3.05) is 4.90 Å². The van der Waals surface area contributed by atoms with E-state index in [1.165, 1.54) is 11.3 Å². The predicted molar refractivity (Wildman–Crippen MR) is 92.1 cm³/mol. The molecule has 116 valence electrons. The second-order valence-corrected chi connectivity index (χ2v) is 8.00. The lowest BCUT2D eigenvalue weighted by molar-refractivity contribution is -0.116. The fraction of sp³-hybridized carbons (Fsp3) is 0.357. The van der Waals surface area contributed by atoms with Gasteiger partial charge < -0.3 is 0 Å². The van der Waals surface area contributed by atoms with E-state index in [1.807, 2.05) is 12.1 Å². The Morgan fingerprint density at radius 3 is 2.77 bits per heavy atom. The molecule has 1 aliphatic rings. The van der Waals surface area contributed by atoms with Crippen LogP contribution in [-0.2, 0) is 10.5 Å². The highest BCUT2D eigenvalue weighted by Crippen LogP contribution is 2.36. The summed E-state index contributed by atoms with van der Waals surface area (Å²) in [5.74, 6) is 0.759. The fourth-order valence-corrected chi connectivity index (χ4v) is 4.23. The van der Waals surface area contributed by atoms with E-state index >= 15 is 0 Å². The van der Waals surface area contributed by atoms with Gasteiger partial charge in [-0.1, -0.05) is 52.4 Å². The van der Waals surface area contributed by atoms with Crippen molar-refractivity contribution < 1.29 is 4.79 Å². The molecule has 0 aliphatic heterocycles. The lowest BCUT2D eigenvalue weighted by Gasteiger charge is -2.15. The van der Waals surface area contributed by atoms with Gasteiger partial charge in [0.25, 0.3) is 0 Å². The van der Waals surface area contributed by atoms with Crippen LogP contribution < -0.4 is 4.90 Å². The van der Waals surface area contributed by atoms with Crippen molar-refractivity contribution in [3.63, 3.8) is 0 Å². The summed E-state index contributed by atoms with van der Waals surface area (Å²) in [6.07, 6.45) is 2.09. The van der Waals surface area contributed by atoms with Crippen LogP contribution >= 0.6 is 46.3 Å². The summed E-state index contributed by atoms with van der Waals surface area (Å²) in [7, 11) is 0. The zero-order valence-electron chi connectivity index (χ0n) is 11.8. The van der Waals surface area contributed by atoms with Crippen molar-refractivity contribution in [2.45, 2.75) is 35.9 Å². The molecular weight excluding hydrogens is 361 g/mol. The van der Waals surface area contributed by atoms with Crippen molar-refractivity contribution >= 4 is 57.3 Å². The number of hydrogen-bond donors (Lipinski definition) is 0. The first-order chi connectivity index (χ1) is 10.5. The third kappa shape index (κ3) is 3.74. The first-order valence-corrected chi connectivity index (χ1v) is 9.30. The third-order valence-corrected chi connectivity index (χ3v) is 6.07. The molecule has 4 nitrogen and oxygen atoms in total. The number of nitrogens with zero attached hydrogens (tertiary/aromatic N) is 3. The molecule has 1 aromatic heterocycles. The van der Waals surface area contributed by atoms with Gasteiger partial charge in [-0.05, 0) is 30.5 Å². The minimum absolute atomic E-state index is 0.0275. The molecule has 0 N–H and O–H groups in total. The van der Waals surface area contributed by atoms with Gasteiger partial charge in [-0.25, -0.2) is 0 Å². The number of thioether (sulfide) groups is 1. The minimum Gasteiger partial charge on any atom is -0.284 e. The lowest BCUT2D eigenvalue weighted by Crippen LogP contribution is -2.30. The van der Waals surface area contributed by atoms with Crippen molar-refractivity contribution in [2.24, 2.45) is 0 Å². The van der Waals surface area contributed by atoms with E-state index in [9.17, 15) is 4.79 Å². The van der Waals surface area contributed by atoms with Crippen molar-refractivity contribution in [1.82, 2.24) is 10.2 Å². The molecule has 0 bridgehead atoms. The van der Waals surface area contributed by atoms with E-state index in [0.717, 1.165) is 28.5 Å². The number of anilines is 1. The van der Waals surface area contributed by atoms with Gasteiger partial charge in [0.1, 0.15) is 0 Å². The maximum absolute atomic E-state index is 11.7. The van der Waals surface area contributed by atoms with Crippen LogP contribution in [0.1, 0.15) is 25.3 Å². The molecule has 1 heterocycles. The molecule has 1 fully saturated rings. The largest absolute Gasteiger partial charge is 0.284 e. The fourth-order valence-electron chi connectivity index (χ4n) is 2.01. The maximum atomic E-state index is 11.7. The Morgan fingerprint density at radius 2 is 2.14 bits per heavy atom. The second kappa shape index (κ2) is 6.74. The van der Waals surface area contributed by atoms with Gasteiger partial charge in [-0.15, -0.1) is 10.2 Å². The number of halogens is 2. The van der Waals surface area contributed by atoms with Gasteiger partial charge in [0.15, 0.2) is 4.34 Å². The van der Waals surface area contributed by atoms with Gasteiger partial charge in [0, 0.05) is 18.7 Å². The Morgan fingerprint density at radius 1 is 1.36 bits per heavy atom. The lowest BCUT2D eigenvalue weighted by atomic mass is 10.2. The van der Waals surface area contributed by atoms with Gasteiger partial charge in [-0.3, -0.25) is 9.69 Å². The molecule has 0 saturated heterocycles. The molecule has 3 rings (SSSR count). The third-order valence-electron chi connectivity index (χ3n) is 3.20. The van der Waals surface area contributed by atoms with Crippen LogP contribution in [0.25, 0.3) is 0 Å². The smallest absolute Gasteiger partial charge is 0.225 e. The highest BCUT2D eigenvalue weighted by Gasteiger charge is 2.34. The zero-order valence-corrected chi connectivity index (χ0v) is 14.9. The normalized spacial score (nSPS) is 14.1. The molecule has 0 spiro atoms. The Bertz CT molecular complexity index is 703. The monoisotopic (exact) mass is 373 g/mol. The van der Waals surface area contributed by atoms with Crippen molar-refractivity contribution in [3.05, 3.63) is 33.8 Å². The number of hydrogen-bond acceptors (Lipinski definition) is 5. The standard InChI is InChI=1S/C14H13Cl2N3OS2/c1-8(20)19(10-3-4-10)13-17-18-14(22-13)21-7-9-2-5-11(15)12(16)6-9/h2,5-6,10H,3-4,7H2,1H3. The average molecular weight is 374 g/mol. The Hall–Kier alpha value is -0.820. The second-order valence-electron chi connectivity index (χ2n) is 5.01. The highest BCUT2D eigenvalue weighted by atomic mass is 35.5. The predicted octanol–water partition coefficient (Wildman–Crippen LogP) is 4.65. The van der Waals surface area contributed by atoms with Crippen LogP contribution in [0.4, 0.5) is 5.13 Å². The van der Waals surface area contributed by atoms with Crippen LogP contribution in [0, 0.1) is 0 Å². The summed E-state index contributed by atoms with van der Waals surface area (Å²) in [5.41, 5.74) is 1.07. The molecule has 1 aromatic carbocycles. The molecule has 1 aliphatic carbocycles. The minimum atomic E-state index is 0.0275. The van der Waals surface area contributed by atoms with Gasteiger partial charge in [-0.2, -0.15) is 0 Å². The van der Waals surface area contributed by atoms with E-state index < -0.39 is 0 Å². The first kappa shape index (κ1) is 16.1. The molecule has 1 amide bonds. The van der Waals surface area contributed by atoms with Crippen LogP contribution in [0.15, 0.2) is 22.5 Å². The molecule has 0 atom stereocenters. The van der Waals surface area contributed by atoms with Gasteiger partial charge >= 0.3 is 0 Å². The molecule has 22 heavy (non-hydrogen) atoms. The van der Waals surface area contributed by atoms with E-state index in [0.29, 0.717) is 21.2 Å². The molecule has 0 unspecified atom stereocenters. The molecule has 0 radical (unpaired) electrons. The van der Waals surface area contributed by atoms with Gasteiger partial charge in [0.05, 0.1) is 10.0 Å². The quantitative estimate of drug-likeness (QED) is 0.564. The zero-order chi connectivity index (χ0) is 15.7. The van der Waals surface area contributed by atoms with Crippen molar-refractivity contribution in [1.29, 1.82) is 0 Å². The molecule has 8 heteroatoms. The summed E-state index contributed by atoms with van der Waals surface area (Å²) >= 11 is 14.9. The van der Waals surface area contributed by atoms with Crippen LogP contribution in [0.2, 0.25) is 10.0 Å². The molecule has 1 saturated carbocycles. The van der Waals surface area contributed by atoms with Gasteiger partial charge in [0.2, 0.25) is 11.0 Å². The Labute approximate surface area is 146 Å². The average Bonchev–Trinajstić information content (AvgIpc) is 3.18. The number of rotatable bonds is 5. The summed E-state index contributed by atoms with van der Waals surface area (Å²) in [5, 5.41) is 10.1. The maximum Gasteiger partial charge on any atom is 0.225 e. The first-order valence-electron chi connectivity index (χ1n) is 6.74. The number of aromatic nitrogens is 2. The molecule has 2 aromatic rings. The molecular formula is C14H13Cl2N3OS2. The summed E-state index contributed by atoms with van der Waals surface area (Å²) in [6, 6.07) is 5.88. The number of amides is 1. The highest BCUT2D eigenvalue weighted by molar-refractivity contribution is 8.00. The topological polar surface area (TPSA) is 46.1 Å². The van der Waals surface area contributed by atoms with Crippen LogP contribution in [0.3, 0.4) is 0 Å². The number of carbonyl (C=O) groups is 1. The SMILES string of the molecule is CC(=O)N(c1nnc(SCc2ccc(Cl)c(Cl)c2)s1)C1CC1. The van der Waals surface area contributed by atoms with E-state index in [4.69, 9.17) is 23.2 Å². The van der Waals surface area contributed by atoms with Crippen molar-refractivity contribution in [3.8, 4) is 0 Å².